The third-order valence-electron chi connectivity index (χ3n) is 5.46. The van der Waals surface area contributed by atoms with Crippen LogP contribution in [0.5, 0.6) is 0 Å². The number of carbonyl (C=O) groups is 1. The van der Waals surface area contributed by atoms with Crippen molar-refractivity contribution in [1.82, 2.24) is 9.80 Å². The lowest BCUT2D eigenvalue weighted by molar-refractivity contribution is -0.131. The number of hydrogen-bond acceptors (Lipinski definition) is 3. The van der Waals surface area contributed by atoms with Crippen molar-refractivity contribution in [2.75, 3.05) is 19.6 Å². The van der Waals surface area contributed by atoms with Crippen LogP contribution in [0.3, 0.4) is 0 Å². The highest BCUT2D eigenvalue weighted by atomic mass is 16.3. The molecule has 4 heteroatoms. The number of β-amino-alcohol motifs (C(OH)–C–C–N with tert-alkyl or cyclic N) is 1. The van der Waals surface area contributed by atoms with Crippen LogP contribution in [0.4, 0.5) is 0 Å². The van der Waals surface area contributed by atoms with Crippen molar-refractivity contribution in [3.05, 3.63) is 71.3 Å². The number of amides is 1. The van der Waals surface area contributed by atoms with Gasteiger partial charge in [-0.05, 0) is 23.1 Å². The number of carbonyl (C=O) groups excluding carboxylic acids is 1. The first-order chi connectivity index (χ1) is 12.1. The highest BCUT2D eigenvalue weighted by Gasteiger charge is 2.39. The van der Waals surface area contributed by atoms with Crippen LogP contribution in [-0.4, -0.2) is 40.4 Å². The van der Waals surface area contributed by atoms with E-state index in [4.69, 9.17) is 0 Å². The maximum atomic E-state index is 12.6. The van der Waals surface area contributed by atoms with E-state index < -0.39 is 5.60 Å². The summed E-state index contributed by atoms with van der Waals surface area (Å²) < 4.78 is 0. The van der Waals surface area contributed by atoms with Gasteiger partial charge in [-0.3, -0.25) is 9.69 Å². The van der Waals surface area contributed by atoms with Crippen molar-refractivity contribution >= 4 is 5.91 Å². The van der Waals surface area contributed by atoms with Gasteiger partial charge in [0.15, 0.2) is 0 Å². The number of aliphatic hydroxyl groups is 1. The molecule has 4 nitrogen and oxygen atoms in total. The first-order valence-corrected chi connectivity index (χ1v) is 8.99. The zero-order valence-electron chi connectivity index (χ0n) is 14.4. The minimum Gasteiger partial charge on any atom is -0.383 e. The van der Waals surface area contributed by atoms with Crippen LogP contribution >= 0.6 is 0 Å². The Morgan fingerprint density at radius 1 is 1.00 bits per heavy atom. The normalized spacial score (nSPS) is 23.0. The first-order valence-electron chi connectivity index (χ1n) is 8.99. The van der Waals surface area contributed by atoms with Gasteiger partial charge in [-0.2, -0.15) is 0 Å². The summed E-state index contributed by atoms with van der Waals surface area (Å²) >= 11 is 0. The Hall–Kier alpha value is -2.17. The van der Waals surface area contributed by atoms with Gasteiger partial charge in [0.2, 0.25) is 5.91 Å². The molecule has 0 aromatic heterocycles. The summed E-state index contributed by atoms with van der Waals surface area (Å²) in [6.07, 6.45) is 1.12. The minimum atomic E-state index is -0.902. The van der Waals surface area contributed by atoms with E-state index in [0.717, 1.165) is 25.2 Å². The number of fused-ring (bicyclic) bond motifs is 1. The van der Waals surface area contributed by atoms with Crippen LogP contribution < -0.4 is 0 Å². The fraction of sp³-hybridized carbons (Fsp3) is 0.381. The molecule has 25 heavy (non-hydrogen) atoms. The Morgan fingerprint density at radius 2 is 1.64 bits per heavy atom. The molecule has 1 saturated heterocycles. The van der Waals surface area contributed by atoms with E-state index in [9.17, 15) is 9.90 Å². The second-order valence-corrected chi connectivity index (χ2v) is 7.19. The maximum absolute atomic E-state index is 12.6. The summed E-state index contributed by atoms with van der Waals surface area (Å²) in [5.41, 5.74) is 2.74. The van der Waals surface area contributed by atoms with Gasteiger partial charge in [0.25, 0.3) is 0 Å². The molecule has 1 N–H and O–H groups in total. The zero-order valence-corrected chi connectivity index (χ0v) is 14.4. The van der Waals surface area contributed by atoms with E-state index in [1.165, 1.54) is 11.1 Å². The molecule has 2 aliphatic rings. The predicted molar refractivity (Wildman–Crippen MR) is 96.7 cm³/mol. The van der Waals surface area contributed by atoms with E-state index in [1.807, 2.05) is 35.2 Å². The molecule has 0 radical (unpaired) electrons. The molecule has 0 unspecified atom stereocenters. The van der Waals surface area contributed by atoms with Crippen molar-refractivity contribution in [1.29, 1.82) is 0 Å². The van der Waals surface area contributed by atoms with Crippen LogP contribution in [0.1, 0.15) is 29.5 Å². The molecule has 0 saturated carbocycles. The lowest BCUT2D eigenvalue weighted by Gasteiger charge is -2.24. The third-order valence-corrected chi connectivity index (χ3v) is 5.46. The minimum absolute atomic E-state index is 0.141. The summed E-state index contributed by atoms with van der Waals surface area (Å²) in [7, 11) is 0. The molecule has 1 fully saturated rings. The van der Waals surface area contributed by atoms with Gasteiger partial charge < -0.3 is 10.0 Å². The molecule has 1 amide bonds. The maximum Gasteiger partial charge on any atom is 0.223 e. The highest BCUT2D eigenvalue weighted by molar-refractivity contribution is 5.77. The SMILES string of the molecule is O=C(CCN1Cc2ccccc2C1)N1CC[C@@](O)(c2ccccc2)C1. The number of hydrogen-bond donors (Lipinski definition) is 1. The van der Waals surface area contributed by atoms with E-state index in [2.05, 4.69) is 29.2 Å². The van der Waals surface area contributed by atoms with Crippen LogP contribution in [0.25, 0.3) is 0 Å². The van der Waals surface area contributed by atoms with Crippen molar-refractivity contribution in [3.8, 4) is 0 Å². The smallest absolute Gasteiger partial charge is 0.223 e. The number of benzene rings is 2. The van der Waals surface area contributed by atoms with Gasteiger partial charge >= 0.3 is 0 Å². The Balaban J connectivity index is 1.31. The summed E-state index contributed by atoms with van der Waals surface area (Å²) in [5, 5.41) is 10.9. The Bertz CT molecular complexity index is 737. The van der Waals surface area contributed by atoms with Crippen molar-refractivity contribution in [3.63, 3.8) is 0 Å². The molecule has 0 spiro atoms. The van der Waals surface area contributed by atoms with Crippen molar-refractivity contribution in [2.45, 2.75) is 31.5 Å². The van der Waals surface area contributed by atoms with Gasteiger partial charge in [0.1, 0.15) is 5.60 Å². The molecule has 2 aromatic carbocycles. The molecule has 2 aliphatic heterocycles. The second kappa shape index (κ2) is 6.62. The van der Waals surface area contributed by atoms with Gasteiger partial charge in [-0.25, -0.2) is 0 Å². The standard InChI is InChI=1S/C21H24N2O2/c24-20(10-12-22-14-17-6-4-5-7-18(17)15-22)23-13-11-21(25,16-23)19-8-2-1-3-9-19/h1-9,25H,10-16H2/t21-/m0/s1. The molecule has 130 valence electrons. The predicted octanol–water partition coefficient (Wildman–Crippen LogP) is 2.51. The summed E-state index contributed by atoms with van der Waals surface area (Å²) in [6.45, 7) is 3.66. The summed E-state index contributed by atoms with van der Waals surface area (Å²) in [6, 6.07) is 18.2. The topological polar surface area (TPSA) is 43.8 Å². The van der Waals surface area contributed by atoms with E-state index in [1.54, 1.807) is 0 Å². The molecular formula is C21H24N2O2. The average Bonchev–Trinajstić information content (AvgIpc) is 3.24. The average molecular weight is 336 g/mol. The lowest BCUT2D eigenvalue weighted by atomic mass is 9.93. The van der Waals surface area contributed by atoms with Crippen LogP contribution in [0.15, 0.2) is 54.6 Å². The molecule has 1 atom stereocenters. The van der Waals surface area contributed by atoms with Gasteiger partial charge in [-0.1, -0.05) is 54.6 Å². The Labute approximate surface area is 148 Å². The number of rotatable bonds is 4. The number of likely N-dealkylation sites (tertiary alicyclic amines) is 1. The summed E-state index contributed by atoms with van der Waals surface area (Å²) in [4.78, 5) is 16.7. The zero-order chi connectivity index (χ0) is 17.3. The van der Waals surface area contributed by atoms with Crippen LogP contribution in [0, 0.1) is 0 Å². The van der Waals surface area contributed by atoms with E-state index in [-0.39, 0.29) is 5.91 Å². The largest absolute Gasteiger partial charge is 0.383 e. The second-order valence-electron chi connectivity index (χ2n) is 7.19. The molecular weight excluding hydrogens is 312 g/mol. The van der Waals surface area contributed by atoms with Crippen LogP contribution in [0.2, 0.25) is 0 Å². The highest BCUT2D eigenvalue weighted by Crippen LogP contribution is 2.32. The molecule has 0 aliphatic carbocycles. The van der Waals surface area contributed by atoms with E-state index in [0.29, 0.717) is 25.9 Å². The van der Waals surface area contributed by atoms with E-state index >= 15 is 0 Å². The van der Waals surface area contributed by atoms with Crippen molar-refractivity contribution < 1.29 is 9.90 Å². The van der Waals surface area contributed by atoms with Gasteiger partial charge in [0.05, 0.1) is 6.54 Å². The quantitative estimate of drug-likeness (QED) is 0.933. The van der Waals surface area contributed by atoms with Crippen LogP contribution in [-0.2, 0) is 23.5 Å². The number of nitrogens with zero attached hydrogens (tertiary/aromatic N) is 2. The summed E-state index contributed by atoms with van der Waals surface area (Å²) in [5.74, 6) is 0.141. The molecule has 4 rings (SSSR count). The Morgan fingerprint density at radius 3 is 2.32 bits per heavy atom. The molecule has 0 bridgehead atoms. The Kier molecular flexibility index (Phi) is 4.32. The fourth-order valence-corrected chi connectivity index (χ4v) is 3.96. The molecule has 2 aromatic rings. The van der Waals surface area contributed by atoms with Gasteiger partial charge in [0, 0.05) is 32.6 Å². The molecule has 2 heterocycles. The van der Waals surface area contributed by atoms with Crippen molar-refractivity contribution in [2.24, 2.45) is 0 Å². The fourth-order valence-electron chi connectivity index (χ4n) is 3.96. The third kappa shape index (κ3) is 3.32. The monoisotopic (exact) mass is 336 g/mol. The first kappa shape index (κ1) is 16.3. The van der Waals surface area contributed by atoms with Gasteiger partial charge in [-0.15, -0.1) is 0 Å². The lowest BCUT2D eigenvalue weighted by Crippen LogP contribution is -2.35.